The van der Waals surface area contributed by atoms with Crippen LogP contribution in [0.25, 0.3) is 0 Å². The van der Waals surface area contributed by atoms with Crippen LogP contribution in [0.5, 0.6) is 0 Å². The van der Waals surface area contributed by atoms with E-state index in [2.05, 4.69) is 6.92 Å². The Kier molecular flexibility index (Phi) is 14.5. The van der Waals surface area contributed by atoms with Gasteiger partial charge in [-0.05, 0) is 19.0 Å². The molecule has 0 rings (SSSR count). The van der Waals surface area contributed by atoms with Gasteiger partial charge in [-0.15, -0.1) is 12.4 Å². The minimum absolute atomic E-state index is 0. The zero-order chi connectivity index (χ0) is 6.95. The summed E-state index contributed by atoms with van der Waals surface area (Å²) in [5, 5.41) is 0. The Morgan fingerprint density at radius 2 is 1.90 bits per heavy atom. The number of hydrogen-bond donors (Lipinski definition) is 1. The number of nitrogens with two attached hydrogens (primary N) is 1. The second-order valence-corrected chi connectivity index (χ2v) is 2.28. The lowest BCUT2D eigenvalue weighted by Gasteiger charge is -1.92. The van der Waals surface area contributed by atoms with Crippen molar-refractivity contribution in [3.05, 3.63) is 12.3 Å². The van der Waals surface area contributed by atoms with Crippen molar-refractivity contribution in [2.75, 3.05) is 0 Å². The Morgan fingerprint density at radius 1 is 1.20 bits per heavy atom. The topological polar surface area (TPSA) is 26.0 Å². The van der Waals surface area contributed by atoms with Crippen LogP contribution in [0.3, 0.4) is 0 Å². The molecular weight excluding hydrogens is 146 g/mol. The van der Waals surface area contributed by atoms with Crippen LogP contribution in [0.2, 0.25) is 0 Å². The molecule has 0 saturated heterocycles. The maximum atomic E-state index is 5.16. The third-order valence-corrected chi connectivity index (χ3v) is 1.36. The molecule has 0 saturated carbocycles. The second-order valence-electron chi connectivity index (χ2n) is 2.28. The molecule has 10 heavy (non-hydrogen) atoms. The lowest BCUT2D eigenvalue weighted by molar-refractivity contribution is 0.674. The van der Waals surface area contributed by atoms with Crippen molar-refractivity contribution in [3.63, 3.8) is 0 Å². The van der Waals surface area contributed by atoms with Gasteiger partial charge < -0.3 is 5.73 Å². The molecule has 0 aromatic rings. The molecule has 0 heterocycles. The lowest BCUT2D eigenvalue weighted by Crippen LogP contribution is -1.77. The molecule has 2 heteroatoms. The summed E-state index contributed by atoms with van der Waals surface area (Å²) < 4.78 is 0. The van der Waals surface area contributed by atoms with Gasteiger partial charge in [0.15, 0.2) is 0 Å². The monoisotopic (exact) mass is 163 g/mol. The van der Waals surface area contributed by atoms with E-state index in [0.717, 1.165) is 6.42 Å². The lowest BCUT2D eigenvalue weighted by atomic mass is 10.1. The van der Waals surface area contributed by atoms with Gasteiger partial charge in [0.2, 0.25) is 0 Å². The zero-order valence-electron chi connectivity index (χ0n) is 6.68. The van der Waals surface area contributed by atoms with E-state index >= 15 is 0 Å². The average molecular weight is 164 g/mol. The third kappa shape index (κ3) is 10.7. The standard InChI is InChI=1S/C8H17N.ClH/c1-2-3-4-5-6-7-8-9;/h7-8H,2-6,9H2,1H3;1H. The van der Waals surface area contributed by atoms with Gasteiger partial charge >= 0.3 is 0 Å². The Morgan fingerprint density at radius 3 is 2.40 bits per heavy atom. The van der Waals surface area contributed by atoms with Crippen LogP contribution in [0, 0.1) is 0 Å². The Bertz CT molecular complexity index is 71.7. The van der Waals surface area contributed by atoms with Crippen molar-refractivity contribution in [1.82, 2.24) is 0 Å². The fraction of sp³-hybridized carbons (Fsp3) is 0.750. The highest BCUT2D eigenvalue weighted by Crippen LogP contribution is 2.01. The smallest absolute Gasteiger partial charge is 0.0103 e. The van der Waals surface area contributed by atoms with Crippen LogP contribution in [-0.2, 0) is 0 Å². The van der Waals surface area contributed by atoms with Gasteiger partial charge in [0.1, 0.15) is 0 Å². The molecule has 0 aromatic heterocycles. The van der Waals surface area contributed by atoms with Crippen molar-refractivity contribution in [1.29, 1.82) is 0 Å². The summed E-state index contributed by atoms with van der Waals surface area (Å²) >= 11 is 0. The van der Waals surface area contributed by atoms with Crippen LogP contribution >= 0.6 is 12.4 Å². The molecule has 0 aliphatic rings. The van der Waals surface area contributed by atoms with Crippen LogP contribution in [0.4, 0.5) is 0 Å². The first kappa shape index (κ1) is 12.5. The highest BCUT2D eigenvalue weighted by molar-refractivity contribution is 5.85. The molecule has 0 unspecified atom stereocenters. The molecule has 0 amide bonds. The minimum atomic E-state index is 0. The Balaban J connectivity index is 0. The molecule has 62 valence electrons. The summed E-state index contributed by atoms with van der Waals surface area (Å²) in [7, 11) is 0. The van der Waals surface area contributed by atoms with Crippen LogP contribution in [0.1, 0.15) is 39.0 Å². The maximum Gasteiger partial charge on any atom is -0.0103 e. The van der Waals surface area contributed by atoms with Gasteiger partial charge in [-0.1, -0.05) is 32.3 Å². The number of rotatable bonds is 5. The van der Waals surface area contributed by atoms with Crippen LogP contribution in [-0.4, -0.2) is 0 Å². The van der Waals surface area contributed by atoms with E-state index < -0.39 is 0 Å². The second kappa shape index (κ2) is 11.6. The molecule has 0 aliphatic carbocycles. The van der Waals surface area contributed by atoms with Gasteiger partial charge in [-0.3, -0.25) is 0 Å². The zero-order valence-corrected chi connectivity index (χ0v) is 7.49. The first-order valence-corrected chi connectivity index (χ1v) is 3.78. The van der Waals surface area contributed by atoms with Crippen molar-refractivity contribution < 1.29 is 0 Å². The van der Waals surface area contributed by atoms with Gasteiger partial charge in [0.05, 0.1) is 0 Å². The molecule has 0 aromatic carbocycles. The molecular formula is C8H18ClN. The van der Waals surface area contributed by atoms with E-state index in [1.54, 1.807) is 6.20 Å². The number of hydrogen-bond acceptors (Lipinski definition) is 1. The fourth-order valence-corrected chi connectivity index (χ4v) is 0.785. The van der Waals surface area contributed by atoms with Crippen molar-refractivity contribution in [2.24, 2.45) is 5.73 Å². The summed E-state index contributed by atoms with van der Waals surface area (Å²) in [6.07, 6.45) is 10.1. The van der Waals surface area contributed by atoms with E-state index in [1.165, 1.54) is 25.7 Å². The van der Waals surface area contributed by atoms with E-state index in [0.29, 0.717) is 0 Å². The highest BCUT2D eigenvalue weighted by Gasteiger charge is 1.82. The number of halogens is 1. The molecule has 0 aliphatic heterocycles. The van der Waals surface area contributed by atoms with Crippen molar-refractivity contribution in [2.45, 2.75) is 39.0 Å². The molecule has 0 radical (unpaired) electrons. The van der Waals surface area contributed by atoms with Crippen molar-refractivity contribution in [3.8, 4) is 0 Å². The minimum Gasteiger partial charge on any atom is -0.405 e. The van der Waals surface area contributed by atoms with E-state index in [1.807, 2.05) is 6.08 Å². The number of allylic oxidation sites excluding steroid dienone is 1. The Hall–Kier alpha value is -0.170. The molecule has 0 spiro atoms. The van der Waals surface area contributed by atoms with Crippen LogP contribution < -0.4 is 5.73 Å². The van der Waals surface area contributed by atoms with E-state index in [9.17, 15) is 0 Å². The highest BCUT2D eigenvalue weighted by atomic mass is 35.5. The summed E-state index contributed by atoms with van der Waals surface area (Å²) in [5.74, 6) is 0. The normalized spacial score (nSPS) is 9.70. The maximum absolute atomic E-state index is 5.16. The van der Waals surface area contributed by atoms with Gasteiger partial charge in [0, 0.05) is 0 Å². The fourth-order valence-electron chi connectivity index (χ4n) is 0.785. The summed E-state index contributed by atoms with van der Waals surface area (Å²) in [5.41, 5.74) is 5.16. The van der Waals surface area contributed by atoms with Gasteiger partial charge in [-0.2, -0.15) is 0 Å². The molecule has 2 N–H and O–H groups in total. The molecule has 0 bridgehead atoms. The summed E-state index contributed by atoms with van der Waals surface area (Å²) in [6, 6.07) is 0. The quantitative estimate of drug-likeness (QED) is 0.620. The van der Waals surface area contributed by atoms with Crippen LogP contribution in [0.15, 0.2) is 12.3 Å². The molecule has 0 fully saturated rings. The predicted molar refractivity (Wildman–Crippen MR) is 49.3 cm³/mol. The van der Waals surface area contributed by atoms with Gasteiger partial charge in [-0.25, -0.2) is 0 Å². The first-order valence-electron chi connectivity index (χ1n) is 3.78. The largest absolute Gasteiger partial charge is 0.405 e. The first-order chi connectivity index (χ1) is 4.41. The third-order valence-electron chi connectivity index (χ3n) is 1.36. The SMILES string of the molecule is CCCCCCC=CN.Cl. The van der Waals surface area contributed by atoms with E-state index in [-0.39, 0.29) is 12.4 Å². The molecule has 0 atom stereocenters. The van der Waals surface area contributed by atoms with Gasteiger partial charge in [0.25, 0.3) is 0 Å². The molecule has 1 nitrogen and oxygen atoms in total. The summed E-state index contributed by atoms with van der Waals surface area (Å²) in [4.78, 5) is 0. The van der Waals surface area contributed by atoms with Crippen molar-refractivity contribution >= 4 is 12.4 Å². The predicted octanol–water partition coefficient (Wildman–Crippen LogP) is 2.85. The Labute approximate surface area is 70.1 Å². The number of unbranched alkanes of at least 4 members (excludes halogenated alkanes) is 4. The summed E-state index contributed by atoms with van der Waals surface area (Å²) in [6.45, 7) is 2.22. The van der Waals surface area contributed by atoms with E-state index in [4.69, 9.17) is 5.73 Å². The average Bonchev–Trinajstić information content (AvgIpc) is 1.89.